The number of benzene rings is 2. The van der Waals surface area contributed by atoms with Gasteiger partial charge in [0.15, 0.2) is 0 Å². The number of rotatable bonds is 4. The number of nitrogens with zero attached hydrogens (tertiary/aromatic N) is 1. The SMILES string of the molecule is CC(NC1CCc2ccccc21)C(=O)Nc1ccc(C#N)cc1. The molecule has 1 amide bonds. The van der Waals surface area contributed by atoms with Crippen molar-refractivity contribution in [3.8, 4) is 6.07 Å². The summed E-state index contributed by atoms with van der Waals surface area (Å²) < 4.78 is 0. The molecular formula is C19H19N3O. The minimum atomic E-state index is -0.290. The third-order valence-electron chi connectivity index (χ3n) is 4.26. The summed E-state index contributed by atoms with van der Waals surface area (Å²) in [5, 5.41) is 15.1. The van der Waals surface area contributed by atoms with E-state index in [0.29, 0.717) is 11.3 Å². The first kappa shape index (κ1) is 15.3. The van der Waals surface area contributed by atoms with Crippen LogP contribution >= 0.6 is 0 Å². The number of hydrogen-bond donors (Lipinski definition) is 2. The predicted octanol–water partition coefficient (Wildman–Crippen LogP) is 3.16. The minimum absolute atomic E-state index is 0.0703. The van der Waals surface area contributed by atoms with Crippen LogP contribution in [0.25, 0.3) is 0 Å². The minimum Gasteiger partial charge on any atom is -0.325 e. The molecule has 1 aliphatic carbocycles. The third kappa shape index (κ3) is 3.41. The van der Waals surface area contributed by atoms with Crippen LogP contribution in [-0.4, -0.2) is 11.9 Å². The fourth-order valence-electron chi connectivity index (χ4n) is 2.99. The number of carbonyl (C=O) groups excluding carboxylic acids is 1. The van der Waals surface area contributed by atoms with Crippen LogP contribution in [0.5, 0.6) is 0 Å². The standard InChI is InChI=1S/C19H19N3O/c1-13(19(23)22-16-9-6-14(12-20)7-10-16)21-18-11-8-15-4-2-3-5-17(15)18/h2-7,9-10,13,18,21H,8,11H2,1H3,(H,22,23). The molecule has 0 heterocycles. The van der Waals surface area contributed by atoms with Gasteiger partial charge < -0.3 is 5.32 Å². The molecule has 0 spiro atoms. The Bertz CT molecular complexity index is 746. The van der Waals surface area contributed by atoms with Crippen molar-refractivity contribution < 1.29 is 4.79 Å². The molecule has 2 atom stereocenters. The molecule has 23 heavy (non-hydrogen) atoms. The van der Waals surface area contributed by atoms with E-state index < -0.39 is 0 Å². The molecule has 0 fully saturated rings. The van der Waals surface area contributed by atoms with Crippen LogP contribution < -0.4 is 10.6 Å². The lowest BCUT2D eigenvalue weighted by atomic mass is 10.1. The Morgan fingerprint density at radius 2 is 1.96 bits per heavy atom. The van der Waals surface area contributed by atoms with Gasteiger partial charge in [0.25, 0.3) is 0 Å². The Kier molecular flexibility index (Phi) is 4.40. The van der Waals surface area contributed by atoms with Gasteiger partial charge in [0.05, 0.1) is 17.7 Å². The average molecular weight is 305 g/mol. The Balaban J connectivity index is 1.61. The maximum Gasteiger partial charge on any atom is 0.241 e. The van der Waals surface area contributed by atoms with Crippen molar-refractivity contribution in [1.29, 1.82) is 5.26 Å². The van der Waals surface area contributed by atoms with Crippen molar-refractivity contribution >= 4 is 11.6 Å². The van der Waals surface area contributed by atoms with Crippen LogP contribution in [0.15, 0.2) is 48.5 Å². The average Bonchev–Trinajstić information content (AvgIpc) is 2.98. The molecule has 2 unspecified atom stereocenters. The van der Waals surface area contributed by atoms with Crippen LogP contribution in [0.2, 0.25) is 0 Å². The van der Waals surface area contributed by atoms with E-state index >= 15 is 0 Å². The fourth-order valence-corrected chi connectivity index (χ4v) is 2.99. The second kappa shape index (κ2) is 6.64. The molecule has 0 aromatic heterocycles. The summed E-state index contributed by atoms with van der Waals surface area (Å²) in [4.78, 5) is 12.3. The van der Waals surface area contributed by atoms with E-state index in [1.807, 2.05) is 13.0 Å². The van der Waals surface area contributed by atoms with Crippen molar-refractivity contribution in [2.24, 2.45) is 0 Å². The Labute approximate surface area is 136 Å². The van der Waals surface area contributed by atoms with Crippen molar-refractivity contribution in [3.05, 3.63) is 65.2 Å². The maximum absolute atomic E-state index is 12.3. The van der Waals surface area contributed by atoms with Crippen LogP contribution in [-0.2, 0) is 11.2 Å². The summed E-state index contributed by atoms with van der Waals surface area (Å²) in [5.74, 6) is -0.0703. The van der Waals surface area contributed by atoms with E-state index in [4.69, 9.17) is 5.26 Å². The topological polar surface area (TPSA) is 64.9 Å². The zero-order valence-electron chi connectivity index (χ0n) is 13.0. The molecular weight excluding hydrogens is 286 g/mol. The number of nitriles is 1. The molecule has 0 saturated heterocycles. The summed E-state index contributed by atoms with van der Waals surface area (Å²) in [6.07, 6.45) is 2.08. The summed E-state index contributed by atoms with van der Waals surface area (Å²) in [5.41, 5.74) is 3.95. The quantitative estimate of drug-likeness (QED) is 0.912. The van der Waals surface area contributed by atoms with Crippen LogP contribution in [0, 0.1) is 11.3 Å². The monoisotopic (exact) mass is 305 g/mol. The molecule has 2 aromatic carbocycles. The molecule has 4 nitrogen and oxygen atoms in total. The van der Waals surface area contributed by atoms with Gasteiger partial charge in [0.1, 0.15) is 0 Å². The van der Waals surface area contributed by atoms with Gasteiger partial charge in [0.2, 0.25) is 5.91 Å². The predicted molar refractivity (Wildman–Crippen MR) is 89.9 cm³/mol. The highest BCUT2D eigenvalue weighted by atomic mass is 16.2. The number of aryl methyl sites for hydroxylation is 1. The van der Waals surface area contributed by atoms with E-state index in [1.54, 1.807) is 24.3 Å². The molecule has 2 N–H and O–H groups in total. The molecule has 1 aliphatic rings. The number of fused-ring (bicyclic) bond motifs is 1. The van der Waals surface area contributed by atoms with Gasteiger partial charge in [-0.1, -0.05) is 24.3 Å². The number of amides is 1. The Morgan fingerprint density at radius 3 is 2.70 bits per heavy atom. The van der Waals surface area contributed by atoms with Crippen LogP contribution in [0.4, 0.5) is 5.69 Å². The number of hydrogen-bond acceptors (Lipinski definition) is 3. The Morgan fingerprint density at radius 1 is 1.22 bits per heavy atom. The largest absolute Gasteiger partial charge is 0.325 e. The van der Waals surface area contributed by atoms with E-state index in [2.05, 4.69) is 34.9 Å². The molecule has 0 saturated carbocycles. The molecule has 3 rings (SSSR count). The lowest BCUT2D eigenvalue weighted by Gasteiger charge is -2.20. The first-order chi connectivity index (χ1) is 11.2. The number of carbonyl (C=O) groups is 1. The van der Waals surface area contributed by atoms with Gasteiger partial charge in [-0.25, -0.2) is 0 Å². The van der Waals surface area contributed by atoms with Crippen molar-refractivity contribution in [2.75, 3.05) is 5.32 Å². The molecule has 116 valence electrons. The summed E-state index contributed by atoms with van der Waals surface area (Å²) in [7, 11) is 0. The van der Waals surface area contributed by atoms with Gasteiger partial charge in [-0.3, -0.25) is 10.1 Å². The highest BCUT2D eigenvalue weighted by Gasteiger charge is 2.25. The van der Waals surface area contributed by atoms with Crippen molar-refractivity contribution in [1.82, 2.24) is 5.32 Å². The molecule has 0 aliphatic heterocycles. The van der Waals surface area contributed by atoms with E-state index in [-0.39, 0.29) is 18.0 Å². The van der Waals surface area contributed by atoms with Crippen LogP contribution in [0.3, 0.4) is 0 Å². The molecule has 0 bridgehead atoms. The van der Waals surface area contributed by atoms with Gasteiger partial charge in [0, 0.05) is 11.7 Å². The lowest BCUT2D eigenvalue weighted by Crippen LogP contribution is -2.39. The van der Waals surface area contributed by atoms with E-state index in [9.17, 15) is 4.79 Å². The highest BCUT2D eigenvalue weighted by Crippen LogP contribution is 2.31. The molecule has 2 aromatic rings. The lowest BCUT2D eigenvalue weighted by molar-refractivity contribution is -0.118. The normalized spacial score (nSPS) is 17.1. The third-order valence-corrected chi connectivity index (χ3v) is 4.26. The zero-order valence-corrected chi connectivity index (χ0v) is 13.0. The summed E-state index contributed by atoms with van der Waals surface area (Å²) in [6.45, 7) is 1.87. The Hall–Kier alpha value is -2.64. The second-order valence-corrected chi connectivity index (χ2v) is 5.86. The van der Waals surface area contributed by atoms with Gasteiger partial charge in [-0.2, -0.15) is 5.26 Å². The smallest absolute Gasteiger partial charge is 0.241 e. The summed E-state index contributed by atoms with van der Waals surface area (Å²) >= 11 is 0. The first-order valence-corrected chi connectivity index (χ1v) is 7.82. The fraction of sp³-hybridized carbons (Fsp3) is 0.263. The summed E-state index contributed by atoms with van der Waals surface area (Å²) in [6, 6.07) is 17.3. The molecule has 0 radical (unpaired) electrons. The van der Waals surface area contributed by atoms with Crippen molar-refractivity contribution in [3.63, 3.8) is 0 Å². The van der Waals surface area contributed by atoms with Gasteiger partial charge in [-0.05, 0) is 55.2 Å². The van der Waals surface area contributed by atoms with Crippen molar-refractivity contribution in [2.45, 2.75) is 31.8 Å². The number of nitrogens with one attached hydrogen (secondary N) is 2. The zero-order chi connectivity index (χ0) is 16.2. The highest BCUT2D eigenvalue weighted by molar-refractivity contribution is 5.94. The van der Waals surface area contributed by atoms with E-state index in [1.165, 1.54) is 11.1 Å². The number of anilines is 1. The maximum atomic E-state index is 12.3. The first-order valence-electron chi connectivity index (χ1n) is 7.82. The second-order valence-electron chi connectivity index (χ2n) is 5.86. The molecule has 4 heteroatoms. The van der Waals surface area contributed by atoms with E-state index in [0.717, 1.165) is 12.8 Å². The van der Waals surface area contributed by atoms with Gasteiger partial charge >= 0.3 is 0 Å². The van der Waals surface area contributed by atoms with Gasteiger partial charge in [-0.15, -0.1) is 0 Å². The van der Waals surface area contributed by atoms with Crippen LogP contribution in [0.1, 0.15) is 36.1 Å².